The number of rotatable bonds is 9. The summed E-state index contributed by atoms with van der Waals surface area (Å²) in [6.07, 6.45) is -2.90. The van der Waals surface area contributed by atoms with Gasteiger partial charge in [0.15, 0.2) is 12.3 Å². The van der Waals surface area contributed by atoms with Crippen molar-refractivity contribution in [3.05, 3.63) is 75.1 Å². The second-order valence-electron chi connectivity index (χ2n) is 8.08. The van der Waals surface area contributed by atoms with Crippen LogP contribution in [0.5, 0.6) is 0 Å². The number of carbonyl (C=O) groups is 2. The number of aromatic amines is 1. The van der Waals surface area contributed by atoms with E-state index in [2.05, 4.69) is 11.6 Å². The minimum atomic E-state index is -4.41. The van der Waals surface area contributed by atoms with Gasteiger partial charge in [0, 0.05) is 25.6 Å². The minimum Gasteiger partial charge on any atom is -0.463 e. The molecule has 2 aromatic rings. The summed E-state index contributed by atoms with van der Waals surface area (Å²) in [6, 6.07) is 5.83. The predicted octanol–water partition coefficient (Wildman–Crippen LogP) is 0.740. The second kappa shape index (κ2) is 11.0. The molecule has 36 heavy (non-hydrogen) atoms. The second-order valence-corrected chi connectivity index (χ2v) is 9.66. The van der Waals surface area contributed by atoms with Crippen molar-refractivity contribution in [3.63, 3.8) is 0 Å². The maximum Gasteiger partial charge on any atom is 0.330 e. The first-order valence-corrected chi connectivity index (χ1v) is 12.2. The van der Waals surface area contributed by atoms with E-state index in [1.165, 1.54) is 24.4 Å². The zero-order valence-electron chi connectivity index (χ0n) is 19.8. The summed E-state index contributed by atoms with van der Waals surface area (Å²) >= 11 is 0. The highest BCUT2D eigenvalue weighted by molar-refractivity contribution is 7.86. The fourth-order valence-corrected chi connectivity index (χ4v) is 4.73. The lowest BCUT2D eigenvalue weighted by Gasteiger charge is -2.24. The zero-order chi connectivity index (χ0) is 26.6. The molecule has 13 heteroatoms. The Labute approximate surface area is 206 Å². The molecule has 1 aromatic carbocycles. The lowest BCUT2D eigenvalue weighted by molar-refractivity contribution is -0.155. The average molecular weight is 523 g/mol. The number of nitrogens with one attached hydrogen (secondary N) is 1. The van der Waals surface area contributed by atoms with E-state index in [1.807, 2.05) is 0 Å². The van der Waals surface area contributed by atoms with E-state index in [1.54, 1.807) is 19.1 Å². The lowest BCUT2D eigenvalue weighted by atomic mass is 10.1. The largest absolute Gasteiger partial charge is 0.463 e. The molecular weight excluding hydrogens is 496 g/mol. The molecule has 0 spiro atoms. The molecule has 0 radical (unpaired) electrons. The third kappa shape index (κ3) is 6.17. The molecule has 3 rings (SSSR count). The van der Waals surface area contributed by atoms with Crippen molar-refractivity contribution in [1.82, 2.24) is 9.55 Å². The van der Waals surface area contributed by atoms with Gasteiger partial charge in [-0.15, -0.1) is 6.58 Å². The van der Waals surface area contributed by atoms with E-state index in [0.717, 1.165) is 24.0 Å². The Morgan fingerprint density at radius 2 is 1.81 bits per heavy atom. The highest BCUT2D eigenvalue weighted by Crippen LogP contribution is 2.35. The molecule has 0 saturated carbocycles. The van der Waals surface area contributed by atoms with Gasteiger partial charge in [0.05, 0.1) is 4.90 Å². The Kier molecular flexibility index (Phi) is 8.28. The van der Waals surface area contributed by atoms with Crippen molar-refractivity contribution in [2.24, 2.45) is 0 Å². The molecule has 4 atom stereocenters. The first-order chi connectivity index (χ1) is 16.9. The number of aromatic nitrogens is 2. The van der Waals surface area contributed by atoms with Gasteiger partial charge < -0.3 is 14.2 Å². The number of H-pyrrole nitrogens is 1. The summed E-state index contributed by atoms with van der Waals surface area (Å²) < 4.78 is 48.7. The van der Waals surface area contributed by atoms with Crippen LogP contribution >= 0.6 is 0 Å². The monoisotopic (exact) mass is 522 g/mol. The molecule has 1 aromatic heterocycles. The van der Waals surface area contributed by atoms with Gasteiger partial charge in [-0.3, -0.25) is 28.1 Å². The Morgan fingerprint density at radius 3 is 2.39 bits per heavy atom. The molecule has 1 aliphatic rings. The van der Waals surface area contributed by atoms with E-state index >= 15 is 0 Å². The van der Waals surface area contributed by atoms with Crippen LogP contribution in [-0.2, 0) is 44.5 Å². The third-order valence-corrected chi connectivity index (χ3v) is 6.59. The first kappa shape index (κ1) is 27.0. The van der Waals surface area contributed by atoms with Gasteiger partial charge in [0.25, 0.3) is 15.7 Å². The van der Waals surface area contributed by atoms with Crippen LogP contribution < -0.4 is 11.2 Å². The van der Waals surface area contributed by atoms with Crippen LogP contribution in [0, 0.1) is 6.92 Å². The number of ether oxygens (including phenoxy) is 3. The van der Waals surface area contributed by atoms with Crippen LogP contribution in [0.2, 0.25) is 0 Å². The quantitative estimate of drug-likeness (QED) is 0.283. The highest BCUT2D eigenvalue weighted by Gasteiger charge is 2.51. The number of benzene rings is 1. The summed E-state index contributed by atoms with van der Waals surface area (Å²) in [5, 5.41) is 0. The SMILES string of the molecule is C=CCc1cn([C@@H]2O[C@H](COC(C)=O)[C@H](OS(=O)(=O)c3ccc(C)cc3)[C@H]2OC(C)=O)c(=O)[nH]c1=O. The molecule has 2 heterocycles. The van der Waals surface area contributed by atoms with Crippen molar-refractivity contribution in [2.75, 3.05) is 6.61 Å². The Hall–Kier alpha value is -3.55. The highest BCUT2D eigenvalue weighted by atomic mass is 32.2. The van der Waals surface area contributed by atoms with Gasteiger partial charge in [0.1, 0.15) is 18.8 Å². The van der Waals surface area contributed by atoms with E-state index in [9.17, 15) is 27.6 Å². The number of allylic oxidation sites excluding steroid dienone is 1. The molecule has 1 N–H and O–H groups in total. The fraction of sp³-hybridized carbons (Fsp3) is 0.391. The fourth-order valence-electron chi connectivity index (χ4n) is 3.62. The van der Waals surface area contributed by atoms with E-state index in [-0.39, 0.29) is 16.9 Å². The van der Waals surface area contributed by atoms with Crippen LogP contribution in [0.4, 0.5) is 0 Å². The molecule has 194 valence electrons. The van der Waals surface area contributed by atoms with E-state index < -0.39 is 64.5 Å². The van der Waals surface area contributed by atoms with E-state index in [4.69, 9.17) is 18.4 Å². The normalized spacial score (nSPS) is 21.6. The van der Waals surface area contributed by atoms with Gasteiger partial charge in [-0.05, 0) is 25.5 Å². The summed E-state index contributed by atoms with van der Waals surface area (Å²) in [5.74, 6) is -1.49. The number of esters is 2. The lowest BCUT2D eigenvalue weighted by Crippen LogP contribution is -2.43. The molecule has 0 amide bonds. The Morgan fingerprint density at radius 1 is 1.14 bits per heavy atom. The van der Waals surface area contributed by atoms with E-state index in [0.29, 0.717) is 0 Å². The molecule has 1 saturated heterocycles. The average Bonchev–Trinajstić information content (AvgIpc) is 3.10. The van der Waals surface area contributed by atoms with Gasteiger partial charge in [-0.1, -0.05) is 23.8 Å². The number of nitrogens with zero attached hydrogens (tertiary/aromatic N) is 1. The number of aryl methyl sites for hydroxylation is 1. The van der Waals surface area contributed by atoms with Crippen molar-refractivity contribution >= 4 is 22.1 Å². The zero-order valence-corrected chi connectivity index (χ0v) is 20.6. The van der Waals surface area contributed by atoms with Crippen molar-refractivity contribution in [1.29, 1.82) is 0 Å². The maximum atomic E-state index is 13.1. The molecule has 0 aliphatic carbocycles. The number of carbonyl (C=O) groups excluding carboxylic acids is 2. The Bertz CT molecular complexity index is 1360. The Balaban J connectivity index is 2.08. The van der Waals surface area contributed by atoms with Crippen LogP contribution in [-0.4, -0.2) is 54.8 Å². The van der Waals surface area contributed by atoms with Gasteiger partial charge in [-0.2, -0.15) is 8.42 Å². The van der Waals surface area contributed by atoms with Crippen LogP contribution in [0.25, 0.3) is 0 Å². The number of hydrogen-bond donors (Lipinski definition) is 1. The van der Waals surface area contributed by atoms with Gasteiger partial charge >= 0.3 is 17.6 Å². The summed E-state index contributed by atoms with van der Waals surface area (Å²) in [6.45, 7) is 7.11. The van der Waals surface area contributed by atoms with Crippen molar-refractivity contribution in [2.45, 2.75) is 56.6 Å². The van der Waals surface area contributed by atoms with Crippen molar-refractivity contribution in [3.8, 4) is 0 Å². The predicted molar refractivity (Wildman–Crippen MR) is 125 cm³/mol. The van der Waals surface area contributed by atoms with Crippen LogP contribution in [0.1, 0.15) is 31.2 Å². The standard InChI is InChI=1S/C23H26N2O10S/c1-5-6-16-11-25(23(29)24-21(16)28)22-20(33-15(4)27)19(18(34-22)12-32-14(3)26)35-36(30,31)17-9-7-13(2)8-10-17/h5,7-11,18-20,22H,1,6,12H2,2-4H3,(H,24,28,29)/t18-,19+,20-,22-/m1/s1. The first-order valence-electron chi connectivity index (χ1n) is 10.8. The molecule has 0 unspecified atom stereocenters. The number of hydrogen-bond acceptors (Lipinski definition) is 10. The summed E-state index contributed by atoms with van der Waals surface area (Å²) in [5.41, 5.74) is -0.577. The minimum absolute atomic E-state index is 0.110. The molecule has 1 aliphatic heterocycles. The summed E-state index contributed by atoms with van der Waals surface area (Å²) in [4.78, 5) is 50.1. The van der Waals surface area contributed by atoms with Crippen LogP contribution in [0.3, 0.4) is 0 Å². The molecule has 1 fully saturated rings. The smallest absolute Gasteiger partial charge is 0.330 e. The molecule has 12 nitrogen and oxygen atoms in total. The topological polar surface area (TPSA) is 160 Å². The summed E-state index contributed by atoms with van der Waals surface area (Å²) in [7, 11) is -4.41. The van der Waals surface area contributed by atoms with Gasteiger partial charge in [-0.25, -0.2) is 4.79 Å². The van der Waals surface area contributed by atoms with Crippen molar-refractivity contribution < 1.29 is 36.4 Å². The maximum absolute atomic E-state index is 13.1. The third-order valence-electron chi connectivity index (χ3n) is 5.27. The molecular formula is C23H26N2O10S. The molecule has 0 bridgehead atoms. The van der Waals surface area contributed by atoms with Gasteiger partial charge in [0.2, 0.25) is 0 Å². The van der Waals surface area contributed by atoms with Crippen LogP contribution in [0.15, 0.2) is 57.6 Å².